The summed E-state index contributed by atoms with van der Waals surface area (Å²) in [6.07, 6.45) is 0. The van der Waals surface area contributed by atoms with Crippen LogP contribution in [-0.4, -0.2) is 0 Å². The number of para-hydroxylation sites is 2. The molecule has 0 N–H and O–H groups in total. The van der Waals surface area contributed by atoms with Gasteiger partial charge in [-0.3, -0.25) is 0 Å². The highest BCUT2D eigenvalue weighted by atomic mass is 15.1. The first kappa shape index (κ1) is 40.4. The summed E-state index contributed by atoms with van der Waals surface area (Å²) in [5, 5.41) is 7.80. The van der Waals surface area contributed by atoms with E-state index in [9.17, 15) is 0 Å². The number of anilines is 6. The average Bonchev–Trinajstić information content (AvgIpc) is 3.60. The molecule has 0 aromatic heterocycles. The zero-order chi connectivity index (χ0) is 44.0. The number of hydrogen-bond donors (Lipinski definition) is 0. The number of fused-ring (bicyclic) bond motifs is 10. The maximum absolute atomic E-state index is 2.48. The monoisotopic (exact) mass is 818 g/mol. The molecule has 2 heteroatoms. The Balaban J connectivity index is 1.27. The fourth-order valence-corrected chi connectivity index (χ4v) is 11.9. The third kappa shape index (κ3) is 6.21. The van der Waals surface area contributed by atoms with E-state index in [1.165, 1.54) is 88.2 Å². The van der Waals surface area contributed by atoms with Gasteiger partial charge in [0.15, 0.2) is 0 Å². The molecule has 2 nitrogen and oxygen atoms in total. The van der Waals surface area contributed by atoms with Crippen LogP contribution < -0.4 is 9.80 Å². The lowest BCUT2D eigenvalue weighted by atomic mass is 9.49. The molecule has 0 aliphatic heterocycles. The van der Waals surface area contributed by atoms with E-state index < -0.39 is 0 Å². The lowest BCUT2D eigenvalue weighted by Crippen LogP contribution is -2.50. The van der Waals surface area contributed by atoms with Gasteiger partial charge >= 0.3 is 0 Å². The highest BCUT2D eigenvalue weighted by Gasteiger charge is 2.59. The Morgan fingerprint density at radius 2 is 0.857 bits per heavy atom. The molecule has 0 saturated carbocycles. The Morgan fingerprint density at radius 1 is 0.365 bits per heavy atom. The predicted molar refractivity (Wildman–Crippen MR) is 272 cm³/mol. The van der Waals surface area contributed by atoms with Crippen molar-refractivity contribution in [3.05, 3.63) is 203 Å². The summed E-state index contributed by atoms with van der Waals surface area (Å²) in [4.78, 5) is 4.86. The quantitative estimate of drug-likeness (QED) is 0.154. The molecule has 63 heavy (non-hydrogen) atoms. The highest BCUT2D eigenvalue weighted by Crippen LogP contribution is 2.68. The zero-order valence-corrected chi connectivity index (χ0v) is 38.6. The van der Waals surface area contributed by atoms with Gasteiger partial charge in [-0.15, -0.1) is 0 Å². The molecule has 0 fully saturated rings. The molecule has 1 aliphatic rings. The molecular weight excluding hydrogens is 761 g/mol. The van der Waals surface area contributed by atoms with Crippen LogP contribution in [0.5, 0.6) is 0 Å². The molecule has 9 aromatic rings. The molecule has 0 atom stereocenters. The van der Waals surface area contributed by atoms with E-state index in [0.717, 1.165) is 22.7 Å². The van der Waals surface area contributed by atoms with Gasteiger partial charge in [-0.1, -0.05) is 162 Å². The summed E-state index contributed by atoms with van der Waals surface area (Å²) in [7, 11) is 0. The smallest absolute Gasteiger partial charge is 0.0490 e. The van der Waals surface area contributed by atoms with Crippen LogP contribution in [-0.2, 0) is 5.41 Å². The van der Waals surface area contributed by atoms with E-state index >= 15 is 0 Å². The van der Waals surface area contributed by atoms with Gasteiger partial charge < -0.3 is 9.80 Å². The number of aryl methyl sites for hydroxylation is 4. The van der Waals surface area contributed by atoms with Crippen LogP contribution in [0.3, 0.4) is 0 Å². The van der Waals surface area contributed by atoms with Crippen LogP contribution in [0.4, 0.5) is 34.1 Å². The van der Waals surface area contributed by atoms with Crippen molar-refractivity contribution in [2.45, 2.75) is 74.7 Å². The van der Waals surface area contributed by atoms with Crippen molar-refractivity contribution < 1.29 is 0 Å². The molecule has 0 unspecified atom stereocenters. The van der Waals surface area contributed by atoms with Gasteiger partial charge in [0.1, 0.15) is 0 Å². The molecule has 0 radical (unpaired) electrons. The molecule has 0 amide bonds. The van der Waals surface area contributed by atoms with E-state index in [0.29, 0.717) is 0 Å². The summed E-state index contributed by atoms with van der Waals surface area (Å²) < 4.78 is 0. The topological polar surface area (TPSA) is 6.48 Å². The van der Waals surface area contributed by atoms with E-state index in [-0.39, 0.29) is 16.2 Å². The molecule has 0 spiro atoms. The van der Waals surface area contributed by atoms with Crippen molar-refractivity contribution >= 4 is 66.4 Å². The second kappa shape index (κ2) is 14.7. The van der Waals surface area contributed by atoms with E-state index in [4.69, 9.17) is 0 Å². The van der Waals surface area contributed by atoms with Crippen LogP contribution in [0.2, 0.25) is 0 Å². The lowest BCUT2D eigenvalue weighted by Gasteiger charge is -2.54. The van der Waals surface area contributed by atoms with Gasteiger partial charge in [0.2, 0.25) is 0 Å². The minimum Gasteiger partial charge on any atom is -0.310 e. The van der Waals surface area contributed by atoms with Crippen LogP contribution in [0.25, 0.3) is 43.4 Å². The Hall–Kier alpha value is -6.64. The van der Waals surface area contributed by atoms with Crippen molar-refractivity contribution in [1.82, 2.24) is 0 Å². The van der Waals surface area contributed by atoms with Crippen molar-refractivity contribution in [2.24, 2.45) is 10.8 Å². The first-order valence-corrected chi connectivity index (χ1v) is 22.6. The number of hydrogen-bond acceptors (Lipinski definition) is 2. The molecule has 10 rings (SSSR count). The van der Waals surface area contributed by atoms with Gasteiger partial charge in [0.25, 0.3) is 0 Å². The maximum atomic E-state index is 2.48. The Bertz CT molecular complexity index is 3220. The molecule has 0 bridgehead atoms. The summed E-state index contributed by atoms with van der Waals surface area (Å²) in [6, 6.07) is 63.8. The molecule has 1 aliphatic carbocycles. The first-order valence-electron chi connectivity index (χ1n) is 22.6. The molecule has 0 saturated heterocycles. The molecule has 0 heterocycles. The summed E-state index contributed by atoms with van der Waals surface area (Å²) >= 11 is 0. The third-order valence-electron chi connectivity index (χ3n) is 14.0. The second-order valence-electron chi connectivity index (χ2n) is 20.1. The van der Waals surface area contributed by atoms with Crippen LogP contribution in [0.1, 0.15) is 74.9 Å². The fraction of sp³-hybridized carbons (Fsp3) is 0.213. The van der Waals surface area contributed by atoms with Crippen molar-refractivity contribution in [1.29, 1.82) is 0 Å². The van der Waals surface area contributed by atoms with Crippen molar-refractivity contribution in [2.75, 3.05) is 9.80 Å². The molecule has 312 valence electrons. The van der Waals surface area contributed by atoms with Crippen molar-refractivity contribution in [3.63, 3.8) is 0 Å². The van der Waals surface area contributed by atoms with Gasteiger partial charge in [0, 0.05) is 39.5 Å². The fourth-order valence-electron chi connectivity index (χ4n) is 11.9. The minimum absolute atomic E-state index is 0.170. The van der Waals surface area contributed by atoms with E-state index in [1.807, 2.05) is 0 Å². The number of nitrogens with zero attached hydrogens (tertiary/aromatic N) is 2. The second-order valence-corrected chi connectivity index (χ2v) is 20.1. The predicted octanol–water partition coefficient (Wildman–Crippen LogP) is 17.7. The Labute approximate surface area is 374 Å². The van der Waals surface area contributed by atoms with Crippen LogP contribution in [0.15, 0.2) is 170 Å². The summed E-state index contributed by atoms with van der Waals surface area (Å²) in [5.74, 6) is 0. The maximum Gasteiger partial charge on any atom is 0.0490 e. The zero-order valence-electron chi connectivity index (χ0n) is 38.6. The number of benzene rings is 9. The van der Waals surface area contributed by atoms with Crippen LogP contribution in [0, 0.1) is 38.5 Å². The highest BCUT2D eigenvalue weighted by molar-refractivity contribution is 6.20. The average molecular weight is 819 g/mol. The molecular formula is C61H58N2. The van der Waals surface area contributed by atoms with Gasteiger partial charge in [-0.2, -0.15) is 0 Å². The largest absolute Gasteiger partial charge is 0.310 e. The summed E-state index contributed by atoms with van der Waals surface area (Å²) in [5.41, 5.74) is 17.0. The van der Waals surface area contributed by atoms with E-state index in [2.05, 4.69) is 249 Å². The van der Waals surface area contributed by atoms with Gasteiger partial charge in [-0.05, 0) is 165 Å². The SMILES string of the molecule is Cc1ccc(N(c2ccccc2)c2ccc3c4c(ccc3c2)-c2c(c3ccc(N(c5ccccc5)c5ccc(C)cc5C)cc3c3ccccc23)C4(C(C)(C)C)C(C)(C)C)c(C)c1. The third-order valence-corrected chi connectivity index (χ3v) is 14.0. The van der Waals surface area contributed by atoms with Crippen LogP contribution >= 0.6 is 0 Å². The standard InChI is InChI=1S/C61H58N2/c1-39-25-33-54(41(3)35-39)62(44-19-13-11-14-20-44)46-28-31-48-43(37-46)27-30-52-56-50-24-18-17-23-49(50)53-38-47(63(45-21-15-12-16-22-45)55-34-26-40(2)36-42(55)4)29-32-51(53)58(56)61(57(48)52,59(5,6)7)60(8,9)10/h11-38H,1-10H3. The first-order chi connectivity index (χ1) is 30.2. The Morgan fingerprint density at radius 3 is 1.38 bits per heavy atom. The van der Waals surface area contributed by atoms with Gasteiger partial charge in [0.05, 0.1) is 0 Å². The van der Waals surface area contributed by atoms with Gasteiger partial charge in [-0.25, -0.2) is 0 Å². The van der Waals surface area contributed by atoms with E-state index in [1.54, 1.807) is 0 Å². The number of rotatable bonds is 6. The Kier molecular flexibility index (Phi) is 9.46. The molecule has 9 aromatic carbocycles. The summed E-state index contributed by atoms with van der Waals surface area (Å²) in [6.45, 7) is 23.7. The van der Waals surface area contributed by atoms with Crippen molar-refractivity contribution in [3.8, 4) is 11.1 Å². The normalized spacial score (nSPS) is 13.4. The minimum atomic E-state index is -0.366. The lowest BCUT2D eigenvalue weighted by molar-refractivity contribution is 0.0977.